The van der Waals surface area contributed by atoms with Crippen LogP contribution in [0.4, 0.5) is 18.9 Å². The first-order valence-electron chi connectivity index (χ1n) is 10.6. The van der Waals surface area contributed by atoms with Gasteiger partial charge in [0.1, 0.15) is 0 Å². The summed E-state index contributed by atoms with van der Waals surface area (Å²) in [5.41, 5.74) is 0.206. The van der Waals surface area contributed by atoms with Gasteiger partial charge >= 0.3 is 6.18 Å². The highest BCUT2D eigenvalue weighted by Gasteiger charge is 2.35. The number of aromatic nitrogens is 2. The standard InChI is InChI=1S/C23H26F3N5O/c1-14(2)20-10-11-21(30-29-20)22(32)28-16-5-8-17(9-6-16)31(3)18-7-4-15(13-27)19(12-18)23(24,25)26/h4,7,10-12,14,16-17H,5-6,8-9H2,1-3H3,(H,28,32)/t16-,17-. The van der Waals surface area contributed by atoms with E-state index in [2.05, 4.69) is 15.5 Å². The minimum Gasteiger partial charge on any atom is -0.372 e. The molecule has 0 aliphatic heterocycles. The lowest BCUT2D eigenvalue weighted by Gasteiger charge is -2.36. The molecule has 1 N–H and O–H groups in total. The fraction of sp³-hybridized carbons (Fsp3) is 0.478. The lowest BCUT2D eigenvalue weighted by Crippen LogP contribution is -2.43. The zero-order valence-corrected chi connectivity index (χ0v) is 18.3. The fourth-order valence-electron chi connectivity index (χ4n) is 3.93. The summed E-state index contributed by atoms with van der Waals surface area (Å²) in [4.78, 5) is 14.3. The van der Waals surface area contributed by atoms with Crippen LogP contribution in [0.25, 0.3) is 0 Å². The molecule has 0 unspecified atom stereocenters. The van der Waals surface area contributed by atoms with Crippen molar-refractivity contribution >= 4 is 11.6 Å². The van der Waals surface area contributed by atoms with E-state index in [4.69, 9.17) is 5.26 Å². The topological polar surface area (TPSA) is 81.9 Å². The van der Waals surface area contributed by atoms with Gasteiger partial charge < -0.3 is 10.2 Å². The van der Waals surface area contributed by atoms with Crippen molar-refractivity contribution < 1.29 is 18.0 Å². The largest absolute Gasteiger partial charge is 0.417 e. The molecule has 0 saturated heterocycles. The molecule has 1 aromatic carbocycles. The SMILES string of the molecule is CC(C)c1ccc(C(=O)N[C@H]2CC[C@H](N(C)c3ccc(C#N)c(C(F)(F)F)c3)CC2)nn1. The van der Waals surface area contributed by atoms with Gasteiger partial charge in [0.15, 0.2) is 5.69 Å². The van der Waals surface area contributed by atoms with Crippen LogP contribution in [0.3, 0.4) is 0 Å². The average molecular weight is 445 g/mol. The second kappa shape index (κ2) is 9.55. The molecule has 0 radical (unpaired) electrons. The van der Waals surface area contributed by atoms with Gasteiger partial charge in [0.05, 0.1) is 22.9 Å². The minimum atomic E-state index is -4.58. The van der Waals surface area contributed by atoms with Gasteiger partial charge in [0.25, 0.3) is 5.91 Å². The number of carbonyl (C=O) groups excluding carboxylic acids is 1. The summed E-state index contributed by atoms with van der Waals surface area (Å²) in [7, 11) is 1.76. The van der Waals surface area contributed by atoms with Crippen LogP contribution in [0.15, 0.2) is 30.3 Å². The summed E-state index contributed by atoms with van der Waals surface area (Å²) in [6.45, 7) is 4.00. The molecule has 1 heterocycles. The highest BCUT2D eigenvalue weighted by atomic mass is 19.4. The molecule has 2 aromatic rings. The zero-order valence-electron chi connectivity index (χ0n) is 18.3. The Kier molecular flexibility index (Phi) is 7.02. The molecule has 32 heavy (non-hydrogen) atoms. The van der Waals surface area contributed by atoms with E-state index in [0.717, 1.165) is 24.6 Å². The first-order chi connectivity index (χ1) is 15.1. The molecule has 1 aromatic heterocycles. The molecule has 6 nitrogen and oxygen atoms in total. The number of nitrogens with one attached hydrogen (secondary N) is 1. The Morgan fingerprint density at radius 1 is 1.16 bits per heavy atom. The monoisotopic (exact) mass is 445 g/mol. The van der Waals surface area contributed by atoms with Gasteiger partial charge in [-0.15, -0.1) is 5.10 Å². The van der Waals surface area contributed by atoms with Crippen molar-refractivity contribution in [2.24, 2.45) is 0 Å². The maximum atomic E-state index is 13.3. The molecule has 170 valence electrons. The summed E-state index contributed by atoms with van der Waals surface area (Å²) in [5, 5.41) is 20.0. The fourth-order valence-corrected chi connectivity index (χ4v) is 3.93. The number of amides is 1. The van der Waals surface area contributed by atoms with Gasteiger partial charge in [-0.25, -0.2) is 0 Å². The third kappa shape index (κ3) is 5.36. The summed E-state index contributed by atoms with van der Waals surface area (Å²) >= 11 is 0. The van der Waals surface area contributed by atoms with Crippen LogP contribution >= 0.6 is 0 Å². The number of carbonyl (C=O) groups is 1. The Morgan fingerprint density at radius 3 is 2.38 bits per heavy atom. The van der Waals surface area contributed by atoms with Gasteiger partial charge in [-0.05, 0) is 61.9 Å². The van der Waals surface area contributed by atoms with Gasteiger partial charge in [-0.1, -0.05) is 13.8 Å². The van der Waals surface area contributed by atoms with E-state index in [1.54, 1.807) is 31.3 Å². The van der Waals surface area contributed by atoms with Crippen molar-refractivity contribution in [3.8, 4) is 6.07 Å². The molecular formula is C23H26F3N5O. The molecule has 1 fully saturated rings. The number of alkyl halides is 3. The summed E-state index contributed by atoms with van der Waals surface area (Å²) in [5.74, 6) is -0.0401. The van der Waals surface area contributed by atoms with Gasteiger partial charge in [0.2, 0.25) is 0 Å². The molecule has 0 spiro atoms. The van der Waals surface area contributed by atoms with Crippen molar-refractivity contribution in [3.63, 3.8) is 0 Å². The highest BCUT2D eigenvalue weighted by molar-refractivity contribution is 5.92. The van der Waals surface area contributed by atoms with Crippen LogP contribution in [0.5, 0.6) is 0 Å². The first-order valence-corrected chi connectivity index (χ1v) is 10.6. The summed E-state index contributed by atoms with van der Waals surface area (Å²) < 4.78 is 39.8. The van der Waals surface area contributed by atoms with Crippen molar-refractivity contribution in [2.45, 2.75) is 63.7 Å². The van der Waals surface area contributed by atoms with E-state index in [1.807, 2.05) is 18.7 Å². The van der Waals surface area contributed by atoms with Crippen LogP contribution < -0.4 is 10.2 Å². The predicted molar refractivity (Wildman–Crippen MR) is 114 cm³/mol. The number of benzene rings is 1. The Labute approximate surface area is 185 Å². The second-order valence-corrected chi connectivity index (χ2v) is 8.43. The average Bonchev–Trinajstić information content (AvgIpc) is 2.78. The minimum absolute atomic E-state index is 0.0228. The van der Waals surface area contributed by atoms with Crippen molar-refractivity contribution in [1.29, 1.82) is 5.26 Å². The molecule has 1 aliphatic carbocycles. The first kappa shape index (κ1) is 23.5. The van der Waals surface area contributed by atoms with Crippen molar-refractivity contribution in [2.75, 3.05) is 11.9 Å². The molecular weight excluding hydrogens is 419 g/mol. The maximum absolute atomic E-state index is 13.3. The molecule has 0 atom stereocenters. The molecule has 9 heteroatoms. The van der Waals surface area contributed by atoms with Crippen LogP contribution in [-0.4, -0.2) is 35.2 Å². The Morgan fingerprint density at radius 2 is 1.84 bits per heavy atom. The Hall–Kier alpha value is -3.15. The summed E-state index contributed by atoms with van der Waals surface area (Å²) in [6, 6.07) is 8.88. The van der Waals surface area contributed by atoms with E-state index in [0.29, 0.717) is 18.5 Å². The Balaban J connectivity index is 1.59. The maximum Gasteiger partial charge on any atom is 0.417 e. The number of hydrogen-bond acceptors (Lipinski definition) is 5. The summed E-state index contributed by atoms with van der Waals surface area (Å²) in [6.07, 6.45) is -1.72. The van der Waals surface area contributed by atoms with Crippen LogP contribution in [-0.2, 0) is 6.18 Å². The lowest BCUT2D eigenvalue weighted by molar-refractivity contribution is -0.137. The van der Waals surface area contributed by atoms with Gasteiger partial charge in [0, 0.05) is 24.8 Å². The molecule has 3 rings (SSSR count). The lowest BCUT2D eigenvalue weighted by atomic mass is 9.89. The molecule has 1 amide bonds. The van der Waals surface area contributed by atoms with E-state index in [1.165, 1.54) is 6.07 Å². The van der Waals surface area contributed by atoms with Gasteiger partial charge in [-0.2, -0.15) is 23.5 Å². The van der Waals surface area contributed by atoms with E-state index in [9.17, 15) is 18.0 Å². The van der Waals surface area contributed by atoms with Crippen LogP contribution in [0.1, 0.15) is 72.8 Å². The van der Waals surface area contributed by atoms with E-state index >= 15 is 0 Å². The number of anilines is 1. The third-order valence-corrected chi connectivity index (χ3v) is 5.93. The molecule has 1 saturated carbocycles. The Bertz CT molecular complexity index is 990. The van der Waals surface area contributed by atoms with Crippen LogP contribution in [0.2, 0.25) is 0 Å². The van der Waals surface area contributed by atoms with Crippen molar-refractivity contribution in [3.05, 3.63) is 52.8 Å². The number of nitrogens with zero attached hydrogens (tertiary/aromatic N) is 4. The quantitative estimate of drug-likeness (QED) is 0.723. The normalized spacial score (nSPS) is 18.8. The molecule has 0 bridgehead atoms. The molecule has 1 aliphatic rings. The van der Waals surface area contributed by atoms with E-state index < -0.39 is 11.7 Å². The van der Waals surface area contributed by atoms with Crippen LogP contribution in [0, 0.1) is 11.3 Å². The predicted octanol–water partition coefficient (Wildman–Crippen LogP) is 4.67. The zero-order chi connectivity index (χ0) is 23.5. The number of rotatable bonds is 5. The van der Waals surface area contributed by atoms with Crippen molar-refractivity contribution in [1.82, 2.24) is 15.5 Å². The number of halogens is 3. The number of nitriles is 1. The van der Waals surface area contributed by atoms with E-state index in [-0.39, 0.29) is 35.2 Å². The second-order valence-electron chi connectivity index (χ2n) is 8.43. The number of hydrogen-bond donors (Lipinski definition) is 1. The highest BCUT2D eigenvalue weighted by Crippen LogP contribution is 2.35. The smallest absolute Gasteiger partial charge is 0.372 e. The van der Waals surface area contributed by atoms with Gasteiger partial charge in [-0.3, -0.25) is 4.79 Å². The third-order valence-electron chi connectivity index (χ3n) is 5.93.